The van der Waals surface area contributed by atoms with Gasteiger partial charge in [-0.25, -0.2) is 0 Å². The Labute approximate surface area is 148 Å². The van der Waals surface area contributed by atoms with Crippen LogP contribution in [0.25, 0.3) is 0 Å². The second-order valence-corrected chi connectivity index (χ2v) is 6.26. The lowest BCUT2D eigenvalue weighted by Gasteiger charge is -2.19. The van der Waals surface area contributed by atoms with Crippen LogP contribution in [0.3, 0.4) is 0 Å². The van der Waals surface area contributed by atoms with Crippen LogP contribution in [0, 0.1) is 17.4 Å². The molecule has 0 spiro atoms. The van der Waals surface area contributed by atoms with Crippen LogP contribution in [0.4, 0.5) is 11.4 Å². The van der Waals surface area contributed by atoms with Crippen molar-refractivity contribution >= 4 is 17.3 Å². The van der Waals surface area contributed by atoms with Gasteiger partial charge in [0.25, 0.3) is 0 Å². The zero-order chi connectivity index (χ0) is 17.5. The lowest BCUT2D eigenvalue weighted by Crippen LogP contribution is -2.38. The van der Waals surface area contributed by atoms with E-state index in [-0.39, 0.29) is 12.5 Å². The zero-order valence-corrected chi connectivity index (χ0v) is 14.1. The molecule has 1 aliphatic heterocycles. The maximum Gasteiger partial charge on any atom is 0.240 e. The highest BCUT2D eigenvalue weighted by atomic mass is 16.2. The molecular weight excluding hydrogens is 312 g/mol. The number of hydrogen-bond acceptors (Lipinski definition) is 4. The van der Waals surface area contributed by atoms with E-state index >= 15 is 0 Å². The second-order valence-electron chi connectivity index (χ2n) is 6.26. The minimum Gasteiger partial charge on any atom is -0.371 e. The zero-order valence-electron chi connectivity index (χ0n) is 14.1. The molecule has 2 aromatic rings. The molecule has 0 aromatic heterocycles. The number of para-hydroxylation sites is 2. The molecule has 1 fully saturated rings. The molecule has 5 nitrogen and oxygen atoms in total. The fraction of sp³-hybridized carbons (Fsp3) is 0.300. The molecule has 1 N–H and O–H groups in total. The van der Waals surface area contributed by atoms with Gasteiger partial charge in [0.05, 0.1) is 5.69 Å². The smallest absolute Gasteiger partial charge is 0.240 e. The summed E-state index contributed by atoms with van der Waals surface area (Å²) < 4.78 is 0. The molecule has 0 bridgehead atoms. The molecule has 0 aliphatic carbocycles. The summed E-state index contributed by atoms with van der Waals surface area (Å²) in [5.41, 5.74) is 1.97. The summed E-state index contributed by atoms with van der Waals surface area (Å²) in [6.07, 6.45) is 3.14. The number of anilines is 2. The summed E-state index contributed by atoms with van der Waals surface area (Å²) in [5.74, 6) is 0.319. The molecule has 1 aliphatic rings. The fourth-order valence-corrected chi connectivity index (χ4v) is 3.12. The van der Waals surface area contributed by atoms with E-state index in [1.165, 1.54) is 10.6 Å². The van der Waals surface area contributed by atoms with Crippen LogP contribution in [0.1, 0.15) is 6.42 Å². The number of benzene rings is 2. The summed E-state index contributed by atoms with van der Waals surface area (Å²) in [6, 6.07) is 19.6. The second kappa shape index (κ2) is 8.20. The van der Waals surface area contributed by atoms with E-state index in [9.17, 15) is 10.1 Å². The molecule has 1 saturated heterocycles. The Bertz CT molecular complexity index is 726. The largest absolute Gasteiger partial charge is 0.371 e. The monoisotopic (exact) mass is 334 g/mol. The molecule has 1 amide bonds. The van der Waals surface area contributed by atoms with Crippen LogP contribution in [0.2, 0.25) is 0 Å². The molecular formula is C20H22N4O. The molecule has 25 heavy (non-hydrogen) atoms. The molecule has 1 unspecified atom stereocenters. The van der Waals surface area contributed by atoms with Gasteiger partial charge in [0, 0.05) is 25.3 Å². The van der Waals surface area contributed by atoms with E-state index in [1.807, 2.05) is 48.5 Å². The third kappa shape index (κ3) is 4.51. The number of nitrogens with one attached hydrogen (secondary N) is 1. The molecule has 0 radical (unpaired) electrons. The van der Waals surface area contributed by atoms with Crippen molar-refractivity contribution in [3.63, 3.8) is 0 Å². The maximum atomic E-state index is 12.2. The average molecular weight is 334 g/mol. The number of carbonyl (C=O) groups excluding carboxylic acids is 1. The van der Waals surface area contributed by atoms with Crippen LogP contribution in [0.15, 0.2) is 60.7 Å². The first-order valence-corrected chi connectivity index (χ1v) is 8.55. The molecule has 5 heteroatoms. The van der Waals surface area contributed by atoms with Crippen molar-refractivity contribution < 1.29 is 4.79 Å². The van der Waals surface area contributed by atoms with E-state index in [2.05, 4.69) is 28.5 Å². The first-order chi connectivity index (χ1) is 12.3. The third-order valence-corrected chi connectivity index (χ3v) is 4.49. The van der Waals surface area contributed by atoms with Crippen LogP contribution in [-0.2, 0) is 4.79 Å². The summed E-state index contributed by atoms with van der Waals surface area (Å²) in [6.45, 7) is 2.66. The van der Waals surface area contributed by atoms with Gasteiger partial charge in [-0.15, -0.1) is 0 Å². The first kappa shape index (κ1) is 16.8. The Morgan fingerprint density at radius 3 is 2.52 bits per heavy atom. The number of rotatable bonds is 6. The predicted molar refractivity (Wildman–Crippen MR) is 99.2 cm³/mol. The van der Waals surface area contributed by atoms with Crippen LogP contribution in [-0.4, -0.2) is 32.1 Å². The summed E-state index contributed by atoms with van der Waals surface area (Å²) >= 11 is 0. The van der Waals surface area contributed by atoms with Crippen molar-refractivity contribution in [3.05, 3.63) is 60.7 Å². The summed E-state index contributed by atoms with van der Waals surface area (Å²) in [4.78, 5) is 15.9. The molecule has 1 atom stereocenters. The maximum absolute atomic E-state index is 12.2. The van der Waals surface area contributed by atoms with Gasteiger partial charge in [-0.3, -0.25) is 9.69 Å². The van der Waals surface area contributed by atoms with Gasteiger partial charge in [-0.2, -0.15) is 5.26 Å². The van der Waals surface area contributed by atoms with Gasteiger partial charge >= 0.3 is 0 Å². The molecule has 0 saturated carbocycles. The Morgan fingerprint density at radius 2 is 1.84 bits per heavy atom. The quantitative estimate of drug-likeness (QED) is 0.652. The van der Waals surface area contributed by atoms with Gasteiger partial charge < -0.3 is 10.2 Å². The highest BCUT2D eigenvalue weighted by molar-refractivity contribution is 5.82. The Hall–Kier alpha value is -3.00. The third-order valence-electron chi connectivity index (χ3n) is 4.49. The van der Waals surface area contributed by atoms with Crippen LogP contribution in [0.5, 0.6) is 0 Å². The highest BCUT2D eigenvalue weighted by Gasteiger charge is 2.23. The number of amides is 1. The standard InChI is InChI=1S/C20H22N4O/c21-16-24(19-9-5-2-6-10-19)15-20(25)22-13-17-11-12-23(14-17)18-7-3-1-4-8-18/h1-10,17H,11-15H2,(H,22,25). The van der Waals surface area contributed by atoms with Crippen molar-refractivity contribution in [2.45, 2.75) is 6.42 Å². The lowest BCUT2D eigenvalue weighted by molar-refractivity contribution is -0.119. The van der Waals surface area contributed by atoms with Crippen LogP contribution < -0.4 is 15.1 Å². The van der Waals surface area contributed by atoms with Gasteiger partial charge in [-0.05, 0) is 36.6 Å². The van der Waals surface area contributed by atoms with Gasteiger partial charge in [0.1, 0.15) is 6.54 Å². The Balaban J connectivity index is 1.46. The minimum atomic E-state index is -0.122. The molecule has 2 aromatic carbocycles. The van der Waals surface area contributed by atoms with E-state index in [1.54, 1.807) is 0 Å². The van der Waals surface area contributed by atoms with E-state index < -0.39 is 0 Å². The Kier molecular flexibility index (Phi) is 5.53. The summed E-state index contributed by atoms with van der Waals surface area (Å²) in [5, 5.41) is 12.2. The topological polar surface area (TPSA) is 59.4 Å². The van der Waals surface area contributed by atoms with Crippen LogP contribution >= 0.6 is 0 Å². The normalized spacial score (nSPS) is 16.3. The van der Waals surface area contributed by atoms with Crippen molar-refractivity contribution in [1.82, 2.24) is 5.32 Å². The van der Waals surface area contributed by atoms with Crippen molar-refractivity contribution in [3.8, 4) is 6.19 Å². The van der Waals surface area contributed by atoms with Crippen molar-refractivity contribution in [1.29, 1.82) is 5.26 Å². The number of nitriles is 1. The van der Waals surface area contributed by atoms with E-state index in [0.717, 1.165) is 25.2 Å². The Morgan fingerprint density at radius 1 is 1.16 bits per heavy atom. The number of hydrogen-bond donors (Lipinski definition) is 1. The van der Waals surface area contributed by atoms with Crippen molar-refractivity contribution in [2.75, 3.05) is 36.0 Å². The fourth-order valence-electron chi connectivity index (χ4n) is 3.12. The summed E-state index contributed by atoms with van der Waals surface area (Å²) in [7, 11) is 0. The minimum absolute atomic E-state index is 0.0512. The average Bonchev–Trinajstić information content (AvgIpc) is 3.15. The van der Waals surface area contributed by atoms with Crippen molar-refractivity contribution in [2.24, 2.45) is 5.92 Å². The number of nitrogens with zero attached hydrogens (tertiary/aromatic N) is 3. The van der Waals surface area contributed by atoms with E-state index in [4.69, 9.17) is 0 Å². The van der Waals surface area contributed by atoms with Gasteiger partial charge in [0.15, 0.2) is 6.19 Å². The van der Waals surface area contributed by atoms with Gasteiger partial charge in [0.2, 0.25) is 5.91 Å². The molecule has 128 valence electrons. The molecule has 1 heterocycles. The molecule has 3 rings (SSSR count). The van der Waals surface area contributed by atoms with Gasteiger partial charge in [-0.1, -0.05) is 36.4 Å². The SMILES string of the molecule is N#CN(CC(=O)NCC1CCN(c2ccccc2)C1)c1ccccc1. The highest BCUT2D eigenvalue weighted by Crippen LogP contribution is 2.22. The predicted octanol–water partition coefficient (Wildman–Crippen LogP) is 2.62. The lowest BCUT2D eigenvalue weighted by atomic mass is 10.1. The first-order valence-electron chi connectivity index (χ1n) is 8.55. The number of carbonyl (C=O) groups is 1. The van der Waals surface area contributed by atoms with E-state index in [0.29, 0.717) is 12.5 Å².